The second kappa shape index (κ2) is 24.8. The van der Waals surface area contributed by atoms with Gasteiger partial charge in [-0.1, -0.05) is 84.9 Å². The maximum Gasteiger partial charge on any atom is 0.342 e. The third kappa shape index (κ3) is 16.9. The molecule has 0 fully saturated rings. The number of rotatable bonds is 15. The summed E-state index contributed by atoms with van der Waals surface area (Å²) in [5, 5.41) is 22.9. The van der Waals surface area contributed by atoms with Gasteiger partial charge in [0, 0.05) is 13.8 Å². The lowest BCUT2D eigenvalue weighted by Gasteiger charge is -2.16. The molecule has 0 unspecified atom stereocenters. The Balaban J connectivity index is 0.000000314. The summed E-state index contributed by atoms with van der Waals surface area (Å²) in [4.78, 5) is 68.1. The lowest BCUT2D eigenvalue weighted by atomic mass is 10.2. The molecule has 0 saturated heterocycles. The number of esters is 5. The van der Waals surface area contributed by atoms with Gasteiger partial charge in [-0.05, 0) is 49.5 Å². The monoisotopic (exact) mass is 760 g/mol. The number of para-hydroxylation sites is 2. The number of carbonyl (C=O) groups excluding carboxylic acids is 5. The van der Waals surface area contributed by atoms with Crippen LogP contribution in [0, 0.1) is 0 Å². The number of benzene rings is 4. The van der Waals surface area contributed by atoms with Gasteiger partial charge in [0.15, 0.2) is 0 Å². The maximum absolute atomic E-state index is 12.3. The van der Waals surface area contributed by atoms with Crippen LogP contribution in [0.3, 0.4) is 0 Å². The molecule has 292 valence electrons. The number of likely N-dealkylation sites (N-methyl/N-ethyl adjacent to an activating group) is 2. The van der Waals surface area contributed by atoms with E-state index in [1.807, 2.05) is 60.7 Å². The number of nitrogens with one attached hydrogen (secondary N) is 2. The Morgan fingerprint density at radius 3 is 1.38 bits per heavy atom. The van der Waals surface area contributed by atoms with Gasteiger partial charge in [-0.25, -0.2) is 9.59 Å². The first-order valence-corrected chi connectivity index (χ1v) is 16.7. The fourth-order valence-corrected chi connectivity index (χ4v) is 4.21. The Kier molecular flexibility index (Phi) is 20.1. The first-order valence-electron chi connectivity index (χ1n) is 16.7. The number of carboxylic acids is 1. The van der Waals surface area contributed by atoms with Crippen molar-refractivity contribution in [1.29, 1.82) is 0 Å². The summed E-state index contributed by atoms with van der Waals surface area (Å²) in [5.74, 6) is -3.71. The molecule has 0 radical (unpaired) electrons. The highest BCUT2D eigenvalue weighted by Gasteiger charge is 2.22. The smallest absolute Gasteiger partial charge is 0.342 e. The van der Waals surface area contributed by atoms with Crippen molar-refractivity contribution in [1.82, 2.24) is 10.6 Å². The summed E-state index contributed by atoms with van der Waals surface area (Å²) in [6.45, 7) is 2.33. The molecule has 4 N–H and O–H groups in total. The Hall–Kier alpha value is -6.42. The molecule has 0 aliphatic heterocycles. The van der Waals surface area contributed by atoms with E-state index in [2.05, 4.69) is 15.4 Å². The quantitative estimate of drug-likeness (QED) is 0.0773. The molecule has 0 bridgehead atoms. The van der Waals surface area contributed by atoms with Crippen molar-refractivity contribution in [3.63, 3.8) is 0 Å². The number of hydrogen-bond acceptors (Lipinski definition) is 14. The van der Waals surface area contributed by atoms with Crippen LogP contribution >= 0.6 is 0 Å². The van der Waals surface area contributed by atoms with Crippen LogP contribution in [0.2, 0.25) is 0 Å². The second-order valence-corrected chi connectivity index (χ2v) is 11.1. The van der Waals surface area contributed by atoms with Crippen molar-refractivity contribution in [2.45, 2.75) is 39.1 Å². The fraction of sp³-hybridized carbons (Fsp3) is 0.250. The zero-order valence-corrected chi connectivity index (χ0v) is 30.8. The molecule has 0 heterocycles. The average Bonchev–Trinajstić information content (AvgIpc) is 3.18. The number of carboxylic acid groups (broad SMARTS) is 1. The van der Waals surface area contributed by atoms with Crippen molar-refractivity contribution < 1.29 is 62.7 Å². The Morgan fingerprint density at radius 1 is 0.564 bits per heavy atom. The molecular formula is C40H44N2O13. The molecule has 15 nitrogen and oxygen atoms in total. The molecule has 4 aromatic carbocycles. The van der Waals surface area contributed by atoms with E-state index in [9.17, 15) is 28.8 Å². The van der Waals surface area contributed by atoms with E-state index in [1.54, 1.807) is 38.4 Å². The van der Waals surface area contributed by atoms with Gasteiger partial charge in [-0.2, -0.15) is 0 Å². The Bertz CT molecular complexity index is 1830. The number of aromatic carboxylic acids is 1. The maximum atomic E-state index is 12.3. The molecule has 0 aromatic heterocycles. The van der Waals surface area contributed by atoms with Crippen LogP contribution in [0.5, 0.6) is 11.5 Å². The summed E-state index contributed by atoms with van der Waals surface area (Å²) in [5.41, 5.74) is 1.87. The summed E-state index contributed by atoms with van der Waals surface area (Å²) < 4.78 is 25.1. The van der Waals surface area contributed by atoms with Crippen molar-refractivity contribution in [3.8, 4) is 11.5 Å². The molecule has 15 heteroatoms. The third-order valence-electron chi connectivity index (χ3n) is 7.01. The number of hydrogen-bond donors (Lipinski definition) is 4. The summed E-state index contributed by atoms with van der Waals surface area (Å²) in [6.07, 6.45) is 0. The van der Waals surface area contributed by atoms with Crippen LogP contribution < -0.4 is 20.1 Å². The van der Waals surface area contributed by atoms with Gasteiger partial charge in [-0.3, -0.25) is 19.2 Å². The van der Waals surface area contributed by atoms with Crippen molar-refractivity contribution in [2.24, 2.45) is 0 Å². The summed E-state index contributed by atoms with van der Waals surface area (Å²) in [7, 11) is 3.17. The summed E-state index contributed by atoms with van der Waals surface area (Å²) in [6, 6.07) is 29.4. The predicted octanol–water partition coefficient (Wildman–Crippen LogP) is 3.72. The topological polar surface area (TPSA) is 213 Å². The standard InChI is InChI=1S/C20H21NO6.C11H15NO3.C9H8O4/c1-14(22)27-18-11-7-6-10-16(18)19(23)26-13-17(21-2)20(24)25-12-15-8-4-3-5-9-15;1-12-10(7-13)11(14)15-8-9-5-3-2-4-6-9;1-6(10)13-8-5-3-2-4-7(8)9(11)12/h3-11,17,21H,12-13H2,1-2H3;2-6,10,12-13H,7-8H2,1H3;2-5H,1H3,(H,11,12)/t17-;10-;/m00./s1. The minimum Gasteiger partial charge on any atom is -0.478 e. The molecule has 0 saturated carbocycles. The van der Waals surface area contributed by atoms with Gasteiger partial charge in [-0.15, -0.1) is 0 Å². The number of aliphatic hydroxyl groups excluding tert-OH is 1. The van der Waals surface area contributed by atoms with Gasteiger partial charge >= 0.3 is 35.8 Å². The number of aliphatic hydroxyl groups is 1. The SMILES string of the molecule is CC(=O)Oc1ccccc1C(=O)O.CN[C@@H](CO)C(=O)OCc1ccccc1.CN[C@@H](COC(=O)c1ccccc1OC(C)=O)C(=O)OCc1ccccc1. The Labute approximate surface area is 318 Å². The highest BCUT2D eigenvalue weighted by Crippen LogP contribution is 2.20. The molecule has 2 atom stereocenters. The third-order valence-corrected chi connectivity index (χ3v) is 7.01. The van der Waals surface area contributed by atoms with E-state index in [-0.39, 0.29) is 49.1 Å². The lowest BCUT2D eigenvalue weighted by Crippen LogP contribution is -2.40. The molecule has 55 heavy (non-hydrogen) atoms. The minimum atomic E-state index is -1.11. The lowest BCUT2D eigenvalue weighted by molar-refractivity contribution is -0.149. The minimum absolute atomic E-state index is 0.0160. The van der Waals surface area contributed by atoms with Gasteiger partial charge < -0.3 is 44.5 Å². The molecule has 0 spiro atoms. The largest absolute Gasteiger partial charge is 0.478 e. The van der Waals surface area contributed by atoms with Crippen molar-refractivity contribution >= 4 is 35.8 Å². The van der Waals surface area contributed by atoms with E-state index in [0.717, 1.165) is 11.1 Å². The predicted molar refractivity (Wildman–Crippen MR) is 198 cm³/mol. The molecule has 0 amide bonds. The van der Waals surface area contributed by atoms with Crippen molar-refractivity contribution in [3.05, 3.63) is 131 Å². The molecule has 4 rings (SSSR count). The molecule has 0 aliphatic carbocycles. The van der Waals surface area contributed by atoms with E-state index in [0.29, 0.717) is 0 Å². The van der Waals surface area contributed by atoms with E-state index < -0.39 is 47.9 Å². The number of ether oxygens (including phenoxy) is 5. The first-order chi connectivity index (χ1) is 26.4. The van der Waals surface area contributed by atoms with Crippen LogP contribution in [0.1, 0.15) is 45.7 Å². The van der Waals surface area contributed by atoms with E-state index in [4.69, 9.17) is 29.2 Å². The molecule has 4 aromatic rings. The molecule has 0 aliphatic rings. The van der Waals surface area contributed by atoms with Gasteiger partial charge in [0.2, 0.25) is 0 Å². The highest BCUT2D eigenvalue weighted by atomic mass is 16.6. The van der Waals surface area contributed by atoms with Crippen molar-refractivity contribution in [2.75, 3.05) is 27.3 Å². The summed E-state index contributed by atoms with van der Waals surface area (Å²) >= 11 is 0. The van der Waals surface area contributed by atoms with Crippen LogP contribution in [0.4, 0.5) is 0 Å². The van der Waals surface area contributed by atoms with E-state index in [1.165, 1.54) is 38.1 Å². The van der Waals surface area contributed by atoms with Gasteiger partial charge in [0.25, 0.3) is 0 Å². The zero-order chi connectivity index (χ0) is 40.6. The first kappa shape index (κ1) is 44.7. The van der Waals surface area contributed by atoms with Gasteiger partial charge in [0.05, 0.1) is 6.61 Å². The van der Waals surface area contributed by atoms with Crippen LogP contribution in [0.15, 0.2) is 109 Å². The second-order valence-electron chi connectivity index (χ2n) is 11.1. The average molecular weight is 761 g/mol. The zero-order valence-electron chi connectivity index (χ0n) is 30.8. The van der Waals surface area contributed by atoms with Crippen LogP contribution in [0.25, 0.3) is 0 Å². The number of carbonyl (C=O) groups is 6. The Morgan fingerprint density at radius 2 is 0.964 bits per heavy atom. The molecular weight excluding hydrogens is 716 g/mol. The van der Waals surface area contributed by atoms with Crippen LogP contribution in [-0.2, 0) is 46.6 Å². The highest BCUT2D eigenvalue weighted by molar-refractivity contribution is 5.94. The fourth-order valence-electron chi connectivity index (χ4n) is 4.21. The normalized spacial score (nSPS) is 11.1. The van der Waals surface area contributed by atoms with E-state index >= 15 is 0 Å². The van der Waals surface area contributed by atoms with Crippen LogP contribution in [-0.4, -0.2) is 85.4 Å². The van der Waals surface area contributed by atoms with Gasteiger partial charge in [0.1, 0.15) is 54.5 Å².